The van der Waals surface area contributed by atoms with Gasteiger partial charge in [0.05, 0.1) is 62.2 Å². The van der Waals surface area contributed by atoms with Gasteiger partial charge in [0, 0.05) is 12.8 Å². The van der Waals surface area contributed by atoms with Gasteiger partial charge in [0.2, 0.25) is 0 Å². The summed E-state index contributed by atoms with van der Waals surface area (Å²) in [6.45, 7) is 4.13. The predicted molar refractivity (Wildman–Crippen MR) is 189 cm³/mol. The van der Waals surface area contributed by atoms with Crippen molar-refractivity contribution < 1.29 is 48.3 Å². The van der Waals surface area contributed by atoms with Gasteiger partial charge in [-0.1, -0.05) is 52.4 Å². The molecule has 0 spiro atoms. The highest BCUT2D eigenvalue weighted by Gasteiger charge is 2.73. The summed E-state index contributed by atoms with van der Waals surface area (Å²) in [7, 11) is 0. The van der Waals surface area contributed by atoms with Crippen LogP contribution in [0.5, 0.6) is 0 Å². The maximum absolute atomic E-state index is 15.1. The number of nitrogens with zero attached hydrogens (tertiary/aromatic N) is 2. The highest BCUT2D eigenvalue weighted by atomic mass is 32.2. The van der Waals surface area contributed by atoms with Gasteiger partial charge < -0.3 is 39.0 Å². The van der Waals surface area contributed by atoms with Gasteiger partial charge in [-0.2, -0.15) is 0 Å². The van der Waals surface area contributed by atoms with Gasteiger partial charge in [0.15, 0.2) is 9.74 Å². The van der Waals surface area contributed by atoms with E-state index in [4.69, 9.17) is 18.9 Å². The number of carbonyl (C=O) groups is 4. The van der Waals surface area contributed by atoms with Gasteiger partial charge in [-0.25, -0.2) is 0 Å². The summed E-state index contributed by atoms with van der Waals surface area (Å²) < 4.78 is 23.1. The molecule has 50 heavy (non-hydrogen) atoms. The molecule has 0 saturated carbocycles. The SMILES string of the molecule is CCCCC[C@H](O)CC(=O)O[C@H]1C=COC=C2C[C@@]3(SC)C(=O)N4[C@H]5C(=COC=C[C@@H]5OC(=O)C[C@@H](O)CCCCC)C[C@@]4(SC)C(=O)N3[C@@H]21. The Balaban J connectivity index is 1.44. The Morgan fingerprint density at radius 3 is 1.54 bits per heavy atom. The predicted octanol–water partition coefficient (Wildman–Crippen LogP) is 4.66. The van der Waals surface area contributed by atoms with Gasteiger partial charge in [-0.3, -0.25) is 19.2 Å². The van der Waals surface area contributed by atoms with Crippen LogP contribution in [0.2, 0.25) is 0 Å². The number of ether oxygens (including phenoxy) is 4. The second-order valence-corrected chi connectivity index (χ2v) is 15.7. The summed E-state index contributed by atoms with van der Waals surface area (Å²) in [5.74, 6) is -1.92. The van der Waals surface area contributed by atoms with Gasteiger partial charge in [0.1, 0.15) is 12.2 Å². The normalized spacial score (nSPS) is 30.8. The quantitative estimate of drug-likeness (QED) is 0.168. The van der Waals surface area contributed by atoms with Gasteiger partial charge in [-0.15, -0.1) is 23.5 Å². The van der Waals surface area contributed by atoms with Crippen LogP contribution in [0.4, 0.5) is 0 Å². The van der Waals surface area contributed by atoms with E-state index in [1.54, 1.807) is 34.5 Å². The fraction of sp³-hybridized carbons (Fsp3) is 0.667. The molecule has 0 bridgehead atoms. The molecule has 0 aromatic rings. The topological polar surface area (TPSA) is 152 Å². The first-order valence-corrected chi connectivity index (χ1v) is 20.1. The summed E-state index contributed by atoms with van der Waals surface area (Å²) in [4.78, 5) is 56.7. The fourth-order valence-electron chi connectivity index (χ4n) is 7.65. The van der Waals surface area contributed by atoms with Crippen molar-refractivity contribution in [2.75, 3.05) is 12.5 Å². The van der Waals surface area contributed by atoms with Crippen LogP contribution in [-0.4, -0.2) is 103 Å². The standard InChI is InChI=1S/C36H50N2O10S2/c1-5-7-9-11-25(39)17-29(41)47-27-13-15-45-21-23-19-35(49-3)34(44)38-32-24(20-36(38,50-4)33(43)37(35)31(23)27)22-46-16-14-28(32)48-30(42)18-26(40)12-10-8-6-2/h13-16,21-22,25-28,31-32,39-40H,5-12,17-20H2,1-4H3/t25-,26-,27-,28-,31-,32-,35+,36+/m0/s1. The van der Waals surface area contributed by atoms with E-state index in [9.17, 15) is 19.8 Å². The average molecular weight is 735 g/mol. The number of amides is 2. The minimum atomic E-state index is -1.41. The molecule has 5 rings (SSSR count). The zero-order valence-corrected chi connectivity index (χ0v) is 30.9. The number of hydrogen-bond acceptors (Lipinski definition) is 12. The Labute approximate surface area is 302 Å². The second-order valence-electron chi connectivity index (χ2n) is 13.5. The number of piperazine rings is 1. The molecule has 5 heterocycles. The van der Waals surface area contributed by atoms with Crippen molar-refractivity contribution in [2.45, 2.75) is 137 Å². The molecule has 14 heteroatoms. The van der Waals surface area contributed by atoms with Crippen molar-refractivity contribution in [3.8, 4) is 0 Å². The minimum absolute atomic E-state index is 0.117. The summed E-state index contributed by atoms with van der Waals surface area (Å²) in [6.07, 6.45) is 15.1. The van der Waals surface area contributed by atoms with Crippen molar-refractivity contribution in [1.82, 2.24) is 9.80 Å². The third kappa shape index (κ3) is 7.35. The van der Waals surface area contributed by atoms with Crippen molar-refractivity contribution in [2.24, 2.45) is 0 Å². The van der Waals surface area contributed by atoms with Crippen LogP contribution >= 0.6 is 23.5 Å². The second kappa shape index (κ2) is 16.6. The smallest absolute Gasteiger partial charge is 0.309 e. The molecule has 3 fully saturated rings. The molecular formula is C36H50N2O10S2. The van der Waals surface area contributed by atoms with Crippen LogP contribution in [0, 0.1) is 0 Å². The lowest BCUT2D eigenvalue weighted by Crippen LogP contribution is -2.74. The lowest BCUT2D eigenvalue weighted by Gasteiger charge is -2.54. The Morgan fingerprint density at radius 2 is 1.18 bits per heavy atom. The Morgan fingerprint density at radius 1 is 0.780 bits per heavy atom. The molecule has 0 aromatic carbocycles. The Bertz CT molecular complexity index is 1310. The Kier molecular flexibility index (Phi) is 12.7. The van der Waals surface area contributed by atoms with Crippen LogP contribution < -0.4 is 0 Å². The molecule has 0 aliphatic carbocycles. The maximum Gasteiger partial charge on any atom is 0.309 e. The highest BCUT2D eigenvalue weighted by molar-refractivity contribution is 8.01. The molecule has 2 amide bonds. The number of esters is 2. The van der Waals surface area contributed by atoms with Gasteiger partial charge in [0.25, 0.3) is 11.8 Å². The first-order chi connectivity index (χ1) is 24.1. The third-order valence-corrected chi connectivity index (χ3v) is 12.5. The molecule has 3 saturated heterocycles. The van der Waals surface area contributed by atoms with E-state index < -0.39 is 58.2 Å². The zero-order valence-electron chi connectivity index (χ0n) is 29.3. The first kappa shape index (κ1) is 38.3. The molecular weight excluding hydrogens is 685 g/mol. The zero-order chi connectivity index (χ0) is 36.1. The number of rotatable bonds is 16. The molecule has 5 aliphatic rings. The van der Waals surface area contributed by atoms with Crippen molar-refractivity contribution in [3.63, 3.8) is 0 Å². The summed E-state index contributed by atoms with van der Waals surface area (Å²) in [5.41, 5.74) is 1.23. The fourth-order valence-corrected chi connectivity index (χ4v) is 9.60. The minimum Gasteiger partial charge on any atom is -0.473 e. The van der Waals surface area contributed by atoms with E-state index in [2.05, 4.69) is 13.8 Å². The average Bonchev–Trinajstić information content (AvgIpc) is 3.46. The number of aliphatic hydroxyl groups excluding tert-OH is 2. The number of thioether (sulfide) groups is 2. The van der Waals surface area contributed by atoms with Crippen molar-refractivity contribution in [1.29, 1.82) is 0 Å². The molecule has 12 nitrogen and oxygen atoms in total. The number of aliphatic hydroxyl groups is 2. The molecule has 0 radical (unpaired) electrons. The Hall–Kier alpha value is -2.94. The molecule has 0 unspecified atom stereocenters. The van der Waals surface area contributed by atoms with Crippen LogP contribution in [0.25, 0.3) is 0 Å². The van der Waals surface area contributed by atoms with Crippen molar-refractivity contribution in [3.05, 3.63) is 48.3 Å². The molecule has 0 aromatic heterocycles. The first-order valence-electron chi connectivity index (χ1n) is 17.6. The van der Waals surface area contributed by atoms with Gasteiger partial charge in [-0.05, 0) is 48.7 Å². The van der Waals surface area contributed by atoms with E-state index in [-0.39, 0.29) is 37.5 Å². The van der Waals surface area contributed by atoms with E-state index in [1.165, 1.54) is 48.6 Å². The molecule has 2 N–H and O–H groups in total. The number of unbranched alkanes of at least 4 members (excludes halogenated alkanes) is 4. The highest BCUT2D eigenvalue weighted by Crippen LogP contribution is 2.59. The summed E-state index contributed by atoms with van der Waals surface area (Å²) >= 11 is 2.44. The van der Waals surface area contributed by atoms with Crippen LogP contribution in [-0.2, 0) is 38.1 Å². The van der Waals surface area contributed by atoms with Crippen LogP contribution in [0.15, 0.2) is 48.3 Å². The number of carbonyl (C=O) groups excluding carboxylic acids is 4. The van der Waals surface area contributed by atoms with E-state index in [0.717, 1.165) is 38.5 Å². The van der Waals surface area contributed by atoms with Crippen LogP contribution in [0.1, 0.15) is 90.9 Å². The molecule has 5 aliphatic heterocycles. The van der Waals surface area contributed by atoms with E-state index in [1.807, 2.05) is 0 Å². The maximum atomic E-state index is 15.1. The molecule has 8 atom stereocenters. The lowest BCUT2D eigenvalue weighted by molar-refractivity contribution is -0.172. The lowest BCUT2D eigenvalue weighted by atomic mass is 10.0. The monoisotopic (exact) mass is 734 g/mol. The summed E-state index contributed by atoms with van der Waals surface area (Å²) in [6, 6.07) is -1.66. The van der Waals surface area contributed by atoms with Crippen molar-refractivity contribution >= 4 is 47.3 Å². The largest absolute Gasteiger partial charge is 0.473 e. The van der Waals surface area contributed by atoms with Crippen LogP contribution in [0.3, 0.4) is 0 Å². The third-order valence-electron chi connectivity index (χ3n) is 10.1. The van der Waals surface area contributed by atoms with E-state index in [0.29, 0.717) is 24.0 Å². The molecule has 276 valence electrons. The van der Waals surface area contributed by atoms with E-state index >= 15 is 9.59 Å². The number of fused-ring (bicyclic) bond motifs is 6. The number of hydrogen-bond donors (Lipinski definition) is 2. The summed E-state index contributed by atoms with van der Waals surface area (Å²) in [5, 5.41) is 20.9. The van der Waals surface area contributed by atoms with Gasteiger partial charge >= 0.3 is 11.9 Å².